The number of benzene rings is 3. The van der Waals surface area contributed by atoms with Crippen molar-refractivity contribution in [3.63, 3.8) is 0 Å². The normalized spacial score (nSPS) is 27.6. The molecule has 0 N–H and O–H groups in total. The van der Waals surface area contributed by atoms with E-state index in [4.69, 9.17) is 52.4 Å². The van der Waals surface area contributed by atoms with Crippen LogP contribution in [-0.4, -0.2) is 98.4 Å². The van der Waals surface area contributed by atoms with E-state index >= 15 is 0 Å². The van der Waals surface area contributed by atoms with Gasteiger partial charge in [0.25, 0.3) is 0 Å². The summed E-state index contributed by atoms with van der Waals surface area (Å²) in [6.45, 7) is 13.6. The predicted molar refractivity (Wildman–Crippen MR) is 222 cm³/mol. The van der Waals surface area contributed by atoms with Crippen LogP contribution in [0.3, 0.4) is 0 Å². The molecule has 0 aliphatic carbocycles. The van der Waals surface area contributed by atoms with E-state index in [1.165, 1.54) is 6.92 Å². The molecule has 61 heavy (non-hydrogen) atoms. The highest BCUT2D eigenvalue weighted by Gasteiger charge is 2.57. The van der Waals surface area contributed by atoms with Crippen molar-refractivity contribution in [1.82, 2.24) is 0 Å². The molecule has 0 spiro atoms. The molecule has 0 radical (unpaired) electrons. The van der Waals surface area contributed by atoms with Gasteiger partial charge in [-0.3, -0.25) is 14.4 Å². The van der Waals surface area contributed by atoms with Gasteiger partial charge in [0, 0.05) is 13.8 Å². The Kier molecular flexibility index (Phi) is 15.4. The molecule has 6 rings (SSSR count). The van der Waals surface area contributed by atoms with Crippen LogP contribution < -0.4 is 0 Å². The van der Waals surface area contributed by atoms with Crippen molar-refractivity contribution in [2.75, 3.05) is 13.2 Å². The molecule has 0 saturated carbocycles. The summed E-state index contributed by atoms with van der Waals surface area (Å²) in [7, 11) is 0. The minimum atomic E-state index is -1.36. The third-order valence-electron chi connectivity index (χ3n) is 10.2. The molecule has 3 aromatic rings. The molecular weight excluding hydrogens is 787 g/mol. The average molecular weight is 846 g/mol. The van der Waals surface area contributed by atoms with Crippen LogP contribution in [0.4, 0.5) is 0 Å². The van der Waals surface area contributed by atoms with Crippen LogP contribution in [0.5, 0.6) is 0 Å². The Morgan fingerprint density at radius 2 is 1.13 bits per heavy atom. The first-order valence-electron chi connectivity index (χ1n) is 20.7. The summed E-state index contributed by atoms with van der Waals surface area (Å²) in [5.41, 5.74) is 0.954. The van der Waals surface area contributed by atoms with Gasteiger partial charge >= 0.3 is 17.9 Å². The van der Waals surface area contributed by atoms with E-state index in [2.05, 4.69) is 0 Å². The molecule has 2 saturated heterocycles. The summed E-state index contributed by atoms with van der Waals surface area (Å²) >= 11 is 0. The Labute approximate surface area is 358 Å². The summed E-state index contributed by atoms with van der Waals surface area (Å²) in [6, 6.07) is 28.1. The van der Waals surface area contributed by atoms with Crippen LogP contribution in [-0.2, 0) is 81.6 Å². The first-order valence-corrected chi connectivity index (χ1v) is 20.7. The van der Waals surface area contributed by atoms with E-state index in [1.807, 2.05) is 91.0 Å². The number of nitrogens with zero attached hydrogens (tertiary/aromatic N) is 1. The van der Waals surface area contributed by atoms with Gasteiger partial charge in [0.1, 0.15) is 43.2 Å². The van der Waals surface area contributed by atoms with Gasteiger partial charge in [-0.15, -0.1) is 0 Å². The first kappa shape index (κ1) is 45.8. The third-order valence-corrected chi connectivity index (χ3v) is 10.2. The van der Waals surface area contributed by atoms with Crippen LogP contribution in [0.1, 0.15) is 72.1 Å². The summed E-state index contributed by atoms with van der Waals surface area (Å²) in [6.07, 6.45) is -9.65. The molecule has 3 aliphatic heterocycles. The van der Waals surface area contributed by atoms with Gasteiger partial charge in [-0.1, -0.05) is 91.0 Å². The molecular formula is C47H59NO13. The maximum Gasteiger partial charge on any atom is 0.311 e. The largest absolute Gasteiger partial charge is 0.462 e. The molecule has 0 amide bonds. The average Bonchev–Trinajstić information content (AvgIpc) is 3.60. The molecule has 3 heterocycles. The van der Waals surface area contributed by atoms with Crippen LogP contribution in [0, 0.1) is 10.8 Å². The van der Waals surface area contributed by atoms with E-state index in [0.29, 0.717) is 5.90 Å². The van der Waals surface area contributed by atoms with Crippen LogP contribution >= 0.6 is 0 Å². The lowest BCUT2D eigenvalue weighted by Crippen LogP contribution is -2.66. The fourth-order valence-corrected chi connectivity index (χ4v) is 7.03. The van der Waals surface area contributed by atoms with Crippen molar-refractivity contribution in [2.45, 2.75) is 137 Å². The Hall–Kier alpha value is -4.70. The second-order valence-corrected chi connectivity index (χ2v) is 17.5. The quantitative estimate of drug-likeness (QED) is 0.114. The number of ether oxygens (including phenoxy) is 10. The number of esters is 3. The van der Waals surface area contributed by atoms with Gasteiger partial charge in [-0.05, 0) is 58.2 Å². The maximum absolute atomic E-state index is 13.7. The molecule has 10 atom stereocenters. The molecule has 14 nitrogen and oxygen atoms in total. The Bertz CT molecular complexity index is 1910. The van der Waals surface area contributed by atoms with E-state index in [1.54, 1.807) is 48.5 Å². The maximum atomic E-state index is 13.7. The van der Waals surface area contributed by atoms with Crippen molar-refractivity contribution in [1.29, 1.82) is 0 Å². The minimum Gasteiger partial charge on any atom is -0.462 e. The van der Waals surface area contributed by atoms with Gasteiger partial charge in [0.05, 0.1) is 37.3 Å². The standard InChI is InChI=1S/C47H59NO13/c1-29-48-36-39(38(61-45(51)47(6,7)8)35(58-42(36)56-29)28-55-44(50)46(3,4)5)60-43-41(57-30(2)49)40(54-26-33-22-16-11-17-23-33)37(53-25-32-20-14-10-15-21-32)34(59-43)27-52-24-31-18-12-9-13-19-31/h9-23,34-43H,24-28H2,1-8H3/t34-,35-,36-,37+,38+,39-,40+,41-,42+,43+/m1/s1. The van der Waals surface area contributed by atoms with E-state index < -0.39 is 90.1 Å². The van der Waals surface area contributed by atoms with E-state index in [-0.39, 0.29) is 33.0 Å². The molecule has 330 valence electrons. The second kappa shape index (κ2) is 20.4. The lowest BCUT2D eigenvalue weighted by atomic mass is 9.93. The minimum absolute atomic E-state index is 0.0280. The molecule has 3 aliphatic rings. The second-order valence-electron chi connectivity index (χ2n) is 17.5. The zero-order chi connectivity index (χ0) is 43.7. The van der Waals surface area contributed by atoms with Gasteiger partial charge < -0.3 is 47.4 Å². The fourth-order valence-electron chi connectivity index (χ4n) is 7.03. The number of fused-ring (bicyclic) bond motifs is 1. The van der Waals surface area contributed by atoms with Crippen molar-refractivity contribution in [2.24, 2.45) is 15.8 Å². The van der Waals surface area contributed by atoms with Crippen LogP contribution in [0.25, 0.3) is 0 Å². The summed E-state index contributed by atoms with van der Waals surface area (Å²) in [4.78, 5) is 44.5. The van der Waals surface area contributed by atoms with E-state index in [9.17, 15) is 14.4 Å². The summed E-state index contributed by atoms with van der Waals surface area (Å²) < 4.78 is 63.8. The number of hydrogen-bond acceptors (Lipinski definition) is 14. The monoisotopic (exact) mass is 845 g/mol. The number of rotatable bonds is 16. The van der Waals surface area contributed by atoms with Crippen molar-refractivity contribution in [3.8, 4) is 0 Å². The van der Waals surface area contributed by atoms with Crippen molar-refractivity contribution in [3.05, 3.63) is 108 Å². The summed E-state index contributed by atoms with van der Waals surface area (Å²) in [5.74, 6) is -1.36. The van der Waals surface area contributed by atoms with Crippen molar-refractivity contribution >= 4 is 23.8 Å². The highest BCUT2D eigenvalue weighted by atomic mass is 16.8. The highest BCUT2D eigenvalue weighted by molar-refractivity contribution is 5.77. The molecule has 0 unspecified atom stereocenters. The number of carbonyl (C=O) groups is 3. The zero-order valence-corrected chi connectivity index (χ0v) is 36.2. The molecule has 3 aromatic carbocycles. The lowest BCUT2D eigenvalue weighted by molar-refractivity contribution is -0.348. The predicted octanol–water partition coefficient (Wildman–Crippen LogP) is 6.51. The smallest absolute Gasteiger partial charge is 0.311 e. The topological polar surface area (TPSA) is 156 Å². The third kappa shape index (κ3) is 12.5. The SMILES string of the molecule is CC(=O)O[C@H]1[C@H](O[C@@H]2[C@H]3N=C(C)O[C@H]3O[C@H](COC(=O)C(C)(C)C)[C@@H]2OC(=O)C(C)(C)C)O[C@H](COCc2ccccc2)[C@H](OCc2ccccc2)[C@@H]1OCc1ccccc1. The molecule has 14 heteroatoms. The molecule has 2 fully saturated rings. The number of hydrogen-bond donors (Lipinski definition) is 0. The van der Waals surface area contributed by atoms with Crippen molar-refractivity contribution < 1.29 is 61.8 Å². The number of carbonyl (C=O) groups excluding carboxylic acids is 3. The van der Waals surface area contributed by atoms with Gasteiger partial charge in [-0.25, -0.2) is 4.99 Å². The van der Waals surface area contributed by atoms with E-state index in [0.717, 1.165) is 16.7 Å². The Morgan fingerprint density at radius 3 is 1.67 bits per heavy atom. The molecule has 0 bridgehead atoms. The number of aliphatic imine (C=N–C) groups is 1. The molecule has 0 aromatic heterocycles. The van der Waals surface area contributed by atoms with Gasteiger partial charge in [-0.2, -0.15) is 0 Å². The lowest BCUT2D eigenvalue weighted by Gasteiger charge is -2.48. The fraction of sp³-hybridized carbons (Fsp3) is 0.532. The summed E-state index contributed by atoms with van der Waals surface area (Å²) in [5, 5.41) is 0. The van der Waals surface area contributed by atoms with Gasteiger partial charge in [0.2, 0.25) is 6.29 Å². The Morgan fingerprint density at radius 1 is 0.607 bits per heavy atom. The van der Waals surface area contributed by atoms with Gasteiger partial charge in [0.15, 0.2) is 24.4 Å². The highest BCUT2D eigenvalue weighted by Crippen LogP contribution is 2.38. The Balaban J connectivity index is 1.39. The van der Waals surface area contributed by atoms with Crippen LogP contribution in [0.15, 0.2) is 96.0 Å². The first-order chi connectivity index (χ1) is 29.1. The van der Waals surface area contributed by atoms with Crippen LogP contribution in [0.2, 0.25) is 0 Å². The zero-order valence-electron chi connectivity index (χ0n) is 36.2.